The number of carbonyl (C=O) groups is 2. The molecule has 1 aliphatic rings. The highest BCUT2D eigenvalue weighted by Gasteiger charge is 2.39. The van der Waals surface area contributed by atoms with Crippen LogP contribution < -0.4 is 14.8 Å². The van der Waals surface area contributed by atoms with Gasteiger partial charge in [0.1, 0.15) is 17.2 Å². The van der Waals surface area contributed by atoms with Gasteiger partial charge in [0.25, 0.3) is 11.8 Å². The number of benzene rings is 3. The molecule has 34 heavy (non-hydrogen) atoms. The smallest absolute Gasteiger partial charge is 0.278 e. The molecule has 0 radical (unpaired) electrons. The first-order chi connectivity index (χ1) is 16.5. The molecule has 6 nitrogen and oxygen atoms in total. The maximum absolute atomic E-state index is 13.5. The summed E-state index contributed by atoms with van der Waals surface area (Å²) in [6.45, 7) is 4.72. The maximum Gasteiger partial charge on any atom is 0.278 e. The minimum atomic E-state index is -0.337. The second-order valence-electron chi connectivity index (χ2n) is 8.06. The standard InChI is InChI=1S/C28H28N2O4/c1-4-34-24-7-5-6-22(18-24)29-26-25(21-12-8-19(2)9-13-21)27(31)30(28(26)32)17-16-20-10-14-23(33-3)15-11-20/h5-15,18,29H,4,16-17H2,1-3H3. The molecule has 0 bridgehead atoms. The molecule has 0 unspecified atom stereocenters. The summed E-state index contributed by atoms with van der Waals surface area (Å²) in [4.78, 5) is 28.2. The van der Waals surface area contributed by atoms with Crippen LogP contribution in [0.2, 0.25) is 0 Å². The van der Waals surface area contributed by atoms with E-state index in [4.69, 9.17) is 9.47 Å². The number of hydrogen-bond donors (Lipinski definition) is 1. The van der Waals surface area contributed by atoms with E-state index in [2.05, 4.69) is 5.32 Å². The lowest BCUT2D eigenvalue weighted by Gasteiger charge is -2.15. The van der Waals surface area contributed by atoms with Gasteiger partial charge in [0.2, 0.25) is 0 Å². The molecule has 4 rings (SSSR count). The van der Waals surface area contributed by atoms with Gasteiger partial charge in [-0.25, -0.2) is 0 Å². The van der Waals surface area contributed by atoms with Crippen LogP contribution in [0, 0.1) is 6.92 Å². The summed E-state index contributed by atoms with van der Waals surface area (Å²) in [6.07, 6.45) is 0.551. The van der Waals surface area contributed by atoms with Gasteiger partial charge in [-0.05, 0) is 55.7 Å². The lowest BCUT2D eigenvalue weighted by molar-refractivity contribution is -0.136. The van der Waals surface area contributed by atoms with E-state index in [-0.39, 0.29) is 24.1 Å². The molecule has 3 aromatic rings. The van der Waals surface area contributed by atoms with E-state index in [0.29, 0.717) is 35.6 Å². The first kappa shape index (κ1) is 23.1. The number of aryl methyl sites for hydroxylation is 1. The first-order valence-corrected chi connectivity index (χ1v) is 11.3. The third kappa shape index (κ3) is 4.96. The van der Waals surface area contributed by atoms with Crippen LogP contribution in [-0.4, -0.2) is 37.0 Å². The van der Waals surface area contributed by atoms with Crippen LogP contribution >= 0.6 is 0 Å². The number of nitrogens with zero attached hydrogens (tertiary/aromatic N) is 1. The van der Waals surface area contributed by atoms with Gasteiger partial charge in [0.05, 0.1) is 19.3 Å². The fraction of sp³-hybridized carbons (Fsp3) is 0.214. The molecule has 0 spiro atoms. The molecule has 0 aromatic heterocycles. The van der Waals surface area contributed by atoms with Crippen molar-refractivity contribution in [2.45, 2.75) is 20.3 Å². The van der Waals surface area contributed by atoms with Gasteiger partial charge in [-0.3, -0.25) is 14.5 Å². The van der Waals surface area contributed by atoms with Crippen LogP contribution in [0.4, 0.5) is 5.69 Å². The molecule has 0 saturated heterocycles. The van der Waals surface area contributed by atoms with Gasteiger partial charge >= 0.3 is 0 Å². The topological polar surface area (TPSA) is 67.9 Å². The lowest BCUT2D eigenvalue weighted by atomic mass is 10.0. The Morgan fingerprint density at radius 1 is 0.882 bits per heavy atom. The Bertz CT molecular complexity index is 1210. The van der Waals surface area contributed by atoms with Crippen LogP contribution in [0.5, 0.6) is 11.5 Å². The minimum Gasteiger partial charge on any atom is -0.497 e. The lowest BCUT2D eigenvalue weighted by Crippen LogP contribution is -2.34. The van der Waals surface area contributed by atoms with Crippen molar-refractivity contribution >= 4 is 23.1 Å². The van der Waals surface area contributed by atoms with E-state index in [1.165, 1.54) is 4.90 Å². The van der Waals surface area contributed by atoms with E-state index in [9.17, 15) is 9.59 Å². The van der Waals surface area contributed by atoms with E-state index in [1.54, 1.807) is 7.11 Å². The minimum absolute atomic E-state index is 0.275. The quantitative estimate of drug-likeness (QED) is 0.467. The van der Waals surface area contributed by atoms with E-state index >= 15 is 0 Å². The van der Waals surface area contributed by atoms with Crippen LogP contribution in [0.1, 0.15) is 23.6 Å². The van der Waals surface area contributed by atoms with E-state index in [0.717, 1.165) is 16.9 Å². The Morgan fingerprint density at radius 3 is 2.29 bits per heavy atom. The molecule has 3 aromatic carbocycles. The summed E-state index contributed by atoms with van der Waals surface area (Å²) in [5, 5.41) is 3.20. The summed E-state index contributed by atoms with van der Waals surface area (Å²) >= 11 is 0. The Labute approximate surface area is 199 Å². The predicted octanol–water partition coefficient (Wildman–Crippen LogP) is 4.84. The number of rotatable bonds is 9. The molecule has 0 fully saturated rings. The number of methoxy groups -OCH3 is 1. The van der Waals surface area contributed by atoms with Gasteiger partial charge < -0.3 is 14.8 Å². The molecular formula is C28H28N2O4. The fourth-order valence-corrected chi connectivity index (χ4v) is 3.89. The Hall–Kier alpha value is -4.06. The molecular weight excluding hydrogens is 428 g/mol. The largest absolute Gasteiger partial charge is 0.497 e. The molecule has 1 heterocycles. The number of carbonyl (C=O) groups excluding carboxylic acids is 2. The average Bonchev–Trinajstić information content (AvgIpc) is 3.08. The summed E-state index contributed by atoms with van der Waals surface area (Å²) < 4.78 is 10.8. The zero-order valence-electron chi connectivity index (χ0n) is 19.6. The number of nitrogens with one attached hydrogen (secondary N) is 1. The molecule has 6 heteroatoms. The second kappa shape index (κ2) is 10.3. The van der Waals surface area contributed by atoms with Gasteiger partial charge in [0.15, 0.2) is 0 Å². The number of hydrogen-bond acceptors (Lipinski definition) is 5. The number of ether oxygens (including phenoxy) is 2. The predicted molar refractivity (Wildman–Crippen MR) is 133 cm³/mol. The van der Waals surface area contributed by atoms with Crippen molar-refractivity contribution in [1.29, 1.82) is 0 Å². The number of amides is 2. The van der Waals surface area contributed by atoms with Crippen molar-refractivity contribution in [3.05, 3.63) is 95.2 Å². The van der Waals surface area contributed by atoms with Gasteiger partial charge in [-0.2, -0.15) is 0 Å². The molecule has 1 N–H and O–H groups in total. The molecule has 2 amide bonds. The van der Waals surface area contributed by atoms with Crippen molar-refractivity contribution < 1.29 is 19.1 Å². The molecule has 174 valence electrons. The Kier molecular flexibility index (Phi) is 6.97. The van der Waals surface area contributed by atoms with Crippen LogP contribution in [0.25, 0.3) is 5.57 Å². The van der Waals surface area contributed by atoms with Gasteiger partial charge in [0, 0.05) is 18.3 Å². The number of anilines is 1. The van der Waals surface area contributed by atoms with E-state index < -0.39 is 0 Å². The number of imide groups is 1. The highest BCUT2D eigenvalue weighted by Crippen LogP contribution is 2.31. The highest BCUT2D eigenvalue weighted by molar-refractivity contribution is 6.36. The summed E-state index contributed by atoms with van der Waals surface area (Å²) in [5.74, 6) is 0.820. The Balaban J connectivity index is 1.62. The van der Waals surface area contributed by atoms with Crippen molar-refractivity contribution in [3.63, 3.8) is 0 Å². The summed E-state index contributed by atoms with van der Waals surface area (Å²) in [7, 11) is 1.62. The van der Waals surface area contributed by atoms with E-state index in [1.807, 2.05) is 86.6 Å². The fourth-order valence-electron chi connectivity index (χ4n) is 3.89. The SMILES string of the molecule is CCOc1cccc(NC2=C(c3ccc(C)cc3)C(=O)N(CCc3ccc(OC)cc3)C2=O)c1. The zero-order valence-corrected chi connectivity index (χ0v) is 19.6. The first-order valence-electron chi connectivity index (χ1n) is 11.3. The van der Waals surface area contributed by atoms with Crippen LogP contribution in [0.3, 0.4) is 0 Å². The molecule has 0 aliphatic carbocycles. The van der Waals surface area contributed by atoms with Gasteiger partial charge in [-0.1, -0.05) is 48.0 Å². The zero-order chi connectivity index (χ0) is 24.1. The normalized spacial score (nSPS) is 13.4. The Morgan fingerprint density at radius 2 is 1.62 bits per heavy atom. The highest BCUT2D eigenvalue weighted by atomic mass is 16.5. The van der Waals surface area contributed by atoms with Crippen molar-refractivity contribution in [2.75, 3.05) is 25.6 Å². The van der Waals surface area contributed by atoms with Crippen molar-refractivity contribution in [1.82, 2.24) is 4.90 Å². The monoisotopic (exact) mass is 456 g/mol. The molecule has 0 atom stereocenters. The van der Waals surface area contributed by atoms with Gasteiger partial charge in [-0.15, -0.1) is 0 Å². The van der Waals surface area contributed by atoms with Crippen molar-refractivity contribution in [3.8, 4) is 11.5 Å². The maximum atomic E-state index is 13.5. The third-order valence-corrected chi connectivity index (χ3v) is 5.71. The molecule has 0 saturated carbocycles. The van der Waals surface area contributed by atoms with Crippen molar-refractivity contribution in [2.24, 2.45) is 0 Å². The summed E-state index contributed by atoms with van der Waals surface area (Å²) in [5.41, 5.74) is 4.14. The third-order valence-electron chi connectivity index (χ3n) is 5.71. The average molecular weight is 457 g/mol. The molecule has 1 aliphatic heterocycles. The van der Waals surface area contributed by atoms with Crippen LogP contribution in [-0.2, 0) is 16.0 Å². The summed E-state index contributed by atoms with van der Waals surface area (Å²) in [6, 6.07) is 22.6. The van der Waals surface area contributed by atoms with Crippen LogP contribution in [0.15, 0.2) is 78.5 Å². The second-order valence-corrected chi connectivity index (χ2v) is 8.06.